The zero-order chi connectivity index (χ0) is 21.4. The number of nitrogens with zero attached hydrogens (tertiary/aromatic N) is 2. The molecule has 1 aromatic carbocycles. The van der Waals surface area contributed by atoms with E-state index in [0.29, 0.717) is 32.4 Å². The highest BCUT2D eigenvalue weighted by Gasteiger charge is 2.51. The Hall–Kier alpha value is -2.59. The molecule has 9 nitrogen and oxygen atoms in total. The summed E-state index contributed by atoms with van der Waals surface area (Å²) in [5.74, 6) is -0.929. The Morgan fingerprint density at radius 3 is 2.60 bits per heavy atom. The van der Waals surface area contributed by atoms with E-state index in [4.69, 9.17) is 10.5 Å². The van der Waals surface area contributed by atoms with E-state index in [9.17, 15) is 19.8 Å². The van der Waals surface area contributed by atoms with E-state index >= 15 is 4.39 Å². The van der Waals surface area contributed by atoms with Crippen LogP contribution in [0, 0.1) is 11.7 Å². The molecule has 30 heavy (non-hydrogen) atoms. The zero-order valence-corrected chi connectivity index (χ0v) is 16.7. The van der Waals surface area contributed by atoms with Gasteiger partial charge >= 0.3 is 5.69 Å². The van der Waals surface area contributed by atoms with Crippen molar-refractivity contribution in [3.63, 3.8) is 0 Å². The van der Waals surface area contributed by atoms with Gasteiger partial charge in [0.2, 0.25) is 0 Å². The number of anilines is 2. The number of halogens is 1. The maximum absolute atomic E-state index is 15.4. The predicted molar refractivity (Wildman–Crippen MR) is 109 cm³/mol. The van der Waals surface area contributed by atoms with Crippen molar-refractivity contribution < 1.29 is 19.3 Å². The Balaban J connectivity index is 1.68. The summed E-state index contributed by atoms with van der Waals surface area (Å²) in [6.07, 6.45) is 2.33. The molecule has 2 saturated carbocycles. The Morgan fingerprint density at radius 2 is 2.00 bits per heavy atom. The van der Waals surface area contributed by atoms with Crippen molar-refractivity contribution in [1.82, 2.24) is 9.55 Å². The van der Waals surface area contributed by atoms with E-state index < -0.39 is 28.8 Å². The van der Waals surface area contributed by atoms with Crippen molar-refractivity contribution >= 4 is 22.3 Å². The number of aliphatic hydroxyl groups is 2. The van der Waals surface area contributed by atoms with Crippen molar-refractivity contribution in [2.45, 2.75) is 49.9 Å². The Kier molecular flexibility index (Phi) is 4.17. The lowest BCUT2D eigenvalue weighted by molar-refractivity contribution is -0.0299. The Morgan fingerprint density at radius 1 is 1.30 bits per heavy atom. The number of benzene rings is 1. The van der Waals surface area contributed by atoms with Crippen molar-refractivity contribution in [1.29, 1.82) is 0 Å². The lowest BCUT2D eigenvalue weighted by Crippen LogP contribution is -2.37. The summed E-state index contributed by atoms with van der Waals surface area (Å²) < 4.78 is 22.4. The summed E-state index contributed by atoms with van der Waals surface area (Å²) in [7, 11) is 1.37. The number of aromatic nitrogens is 2. The first kappa shape index (κ1) is 19.4. The van der Waals surface area contributed by atoms with Crippen LogP contribution in [0.15, 0.2) is 9.59 Å². The third-order valence-electron chi connectivity index (χ3n) is 6.70. The molecule has 5 N–H and O–H groups in total. The highest BCUT2D eigenvalue weighted by Crippen LogP contribution is 2.47. The van der Waals surface area contributed by atoms with Gasteiger partial charge in [-0.25, -0.2) is 9.18 Å². The highest BCUT2D eigenvalue weighted by molar-refractivity contribution is 5.99. The first-order valence-corrected chi connectivity index (χ1v) is 10.3. The highest BCUT2D eigenvalue weighted by atomic mass is 19.1. The number of H-pyrrole nitrogens is 1. The van der Waals surface area contributed by atoms with E-state index in [-0.39, 0.29) is 40.0 Å². The minimum absolute atomic E-state index is 0.0828. The van der Waals surface area contributed by atoms with Crippen LogP contribution in [0.25, 0.3) is 10.9 Å². The molecular formula is C20H25FN4O5. The molecule has 0 amide bonds. The molecule has 2 aliphatic carbocycles. The SMILES string of the molecule is COc1c(N2CCC(C(O)C3(O)CC3)C2)c(F)c(N)c2c(=O)[nH]c(=O)n(C3CC3)c12. The van der Waals surface area contributed by atoms with Gasteiger partial charge in [-0.05, 0) is 32.1 Å². The largest absolute Gasteiger partial charge is 0.492 e. The van der Waals surface area contributed by atoms with Crippen molar-refractivity contribution in [2.24, 2.45) is 5.92 Å². The summed E-state index contributed by atoms with van der Waals surface area (Å²) in [6.45, 7) is 0.728. The smallest absolute Gasteiger partial charge is 0.329 e. The number of nitrogens with one attached hydrogen (secondary N) is 1. The molecule has 3 aliphatic rings. The number of nitrogen functional groups attached to an aromatic ring is 1. The number of hydrogen-bond donors (Lipinski definition) is 4. The third kappa shape index (κ3) is 2.73. The first-order chi connectivity index (χ1) is 14.3. The lowest BCUT2D eigenvalue weighted by atomic mass is 9.95. The fourth-order valence-electron chi connectivity index (χ4n) is 4.74. The fourth-order valence-corrected chi connectivity index (χ4v) is 4.74. The number of fused-ring (bicyclic) bond motifs is 1. The van der Waals surface area contributed by atoms with Gasteiger partial charge in [-0.2, -0.15) is 0 Å². The number of nitrogens with two attached hydrogens (primary N) is 1. The van der Waals surface area contributed by atoms with Gasteiger partial charge in [0, 0.05) is 25.0 Å². The molecule has 2 atom stereocenters. The number of aliphatic hydroxyl groups excluding tert-OH is 1. The van der Waals surface area contributed by atoms with Gasteiger partial charge in [0.1, 0.15) is 11.2 Å². The number of aromatic amines is 1. The predicted octanol–water partition coefficient (Wildman–Crippen LogP) is 0.467. The number of methoxy groups -OCH3 is 1. The van der Waals surface area contributed by atoms with Crippen LogP contribution in [-0.4, -0.2) is 51.7 Å². The molecule has 162 valence electrons. The average molecular weight is 420 g/mol. The van der Waals surface area contributed by atoms with Crippen molar-refractivity contribution in [2.75, 3.05) is 30.8 Å². The van der Waals surface area contributed by atoms with Gasteiger partial charge in [-0.15, -0.1) is 0 Å². The van der Waals surface area contributed by atoms with Gasteiger partial charge in [0.15, 0.2) is 11.6 Å². The van der Waals surface area contributed by atoms with Gasteiger partial charge in [-0.3, -0.25) is 14.3 Å². The Labute approximate surface area is 170 Å². The molecule has 1 saturated heterocycles. The van der Waals surface area contributed by atoms with Crippen LogP contribution in [0.1, 0.15) is 38.1 Å². The quantitative estimate of drug-likeness (QED) is 0.517. The average Bonchev–Trinajstić information content (AvgIpc) is 3.63. The molecule has 2 heterocycles. The third-order valence-corrected chi connectivity index (χ3v) is 6.70. The maximum atomic E-state index is 15.4. The van der Waals surface area contributed by atoms with Crippen LogP contribution < -0.4 is 26.6 Å². The van der Waals surface area contributed by atoms with E-state index in [1.165, 1.54) is 11.7 Å². The molecule has 0 spiro atoms. The standard InChI is InChI=1S/C20H25FN4O5/c1-30-16-14-11(18(27)23-19(28)25(14)10-2-3-10)13(22)12(21)15(16)24-7-4-9(8-24)17(26)20(29)5-6-20/h9-10,17,26,29H,2-8,22H2,1H3,(H,23,27,28). The van der Waals surface area contributed by atoms with Gasteiger partial charge < -0.3 is 25.6 Å². The number of hydrogen-bond acceptors (Lipinski definition) is 7. The topological polar surface area (TPSA) is 134 Å². The van der Waals surface area contributed by atoms with E-state index in [0.717, 1.165) is 12.8 Å². The van der Waals surface area contributed by atoms with E-state index in [1.807, 2.05) is 0 Å². The maximum Gasteiger partial charge on any atom is 0.329 e. The normalized spacial score (nSPS) is 23.7. The number of ether oxygens (including phenoxy) is 1. The van der Waals surface area contributed by atoms with Crippen molar-refractivity contribution in [3.05, 3.63) is 26.7 Å². The van der Waals surface area contributed by atoms with Gasteiger partial charge in [-0.1, -0.05) is 0 Å². The summed E-state index contributed by atoms with van der Waals surface area (Å²) in [4.78, 5) is 29.0. The van der Waals surface area contributed by atoms with Crippen LogP contribution in [0.4, 0.5) is 15.8 Å². The van der Waals surface area contributed by atoms with E-state index in [2.05, 4.69) is 4.98 Å². The second-order valence-corrected chi connectivity index (χ2v) is 8.74. The molecule has 1 aliphatic heterocycles. The molecule has 5 rings (SSSR count). The monoisotopic (exact) mass is 420 g/mol. The molecule has 2 aromatic rings. The van der Waals surface area contributed by atoms with Gasteiger partial charge in [0.05, 0.1) is 29.9 Å². The number of rotatable bonds is 5. The minimum atomic E-state index is -1.05. The summed E-state index contributed by atoms with van der Waals surface area (Å²) in [5.41, 5.74) is 3.62. The molecular weight excluding hydrogens is 395 g/mol. The van der Waals surface area contributed by atoms with Crippen LogP contribution in [0.3, 0.4) is 0 Å². The summed E-state index contributed by atoms with van der Waals surface area (Å²) >= 11 is 0. The minimum Gasteiger partial charge on any atom is -0.492 e. The Bertz CT molecular complexity index is 1150. The summed E-state index contributed by atoms with van der Waals surface area (Å²) in [6, 6.07) is -0.0966. The zero-order valence-electron chi connectivity index (χ0n) is 16.7. The molecule has 1 aromatic heterocycles. The van der Waals surface area contributed by atoms with Crippen molar-refractivity contribution in [3.8, 4) is 5.75 Å². The van der Waals surface area contributed by atoms with Crippen LogP contribution in [0.2, 0.25) is 0 Å². The first-order valence-electron chi connectivity index (χ1n) is 10.3. The molecule has 0 radical (unpaired) electrons. The second kappa shape index (κ2) is 6.45. The molecule has 3 fully saturated rings. The summed E-state index contributed by atoms with van der Waals surface area (Å²) in [5, 5.41) is 20.7. The van der Waals surface area contributed by atoms with Crippen LogP contribution >= 0.6 is 0 Å². The van der Waals surface area contributed by atoms with Gasteiger partial charge in [0.25, 0.3) is 5.56 Å². The fraction of sp³-hybridized carbons (Fsp3) is 0.600. The molecule has 10 heteroatoms. The lowest BCUT2D eigenvalue weighted by Gasteiger charge is -2.27. The van der Waals surface area contributed by atoms with Crippen LogP contribution in [-0.2, 0) is 0 Å². The molecule has 0 bridgehead atoms. The van der Waals surface area contributed by atoms with E-state index in [1.54, 1.807) is 4.90 Å². The molecule has 2 unspecified atom stereocenters. The second-order valence-electron chi connectivity index (χ2n) is 8.74. The van der Waals surface area contributed by atoms with Crippen LogP contribution in [0.5, 0.6) is 5.75 Å².